The number of nitrogens with zero attached hydrogens (tertiary/aromatic N) is 4. The summed E-state index contributed by atoms with van der Waals surface area (Å²) in [4.78, 5) is 12.5. The zero-order valence-electron chi connectivity index (χ0n) is 21.7. The number of hydrogen-bond acceptors (Lipinski definition) is 7. The number of hydrogen-bond donors (Lipinski definition) is 1. The monoisotopic (exact) mass is 569 g/mol. The largest absolute Gasteiger partial charge is 0.497 e. The summed E-state index contributed by atoms with van der Waals surface area (Å²) in [6, 6.07) is 19.0. The lowest BCUT2D eigenvalue weighted by atomic mass is 10.1. The molecular weight excluding hydrogens is 543 g/mol. The number of methoxy groups -OCH3 is 1. The van der Waals surface area contributed by atoms with E-state index in [1.165, 1.54) is 25.5 Å². The lowest BCUT2D eigenvalue weighted by Gasteiger charge is -2.12. The molecule has 0 unspecified atom stereocenters. The van der Waals surface area contributed by atoms with E-state index in [2.05, 4.69) is 20.7 Å². The fourth-order valence-corrected chi connectivity index (χ4v) is 4.30. The minimum atomic E-state index is -4.51. The summed E-state index contributed by atoms with van der Waals surface area (Å²) in [5, 5.41) is 12.6. The van der Waals surface area contributed by atoms with Crippen LogP contribution in [0.3, 0.4) is 0 Å². The van der Waals surface area contributed by atoms with E-state index in [0.717, 1.165) is 41.6 Å². The number of halogens is 3. The summed E-state index contributed by atoms with van der Waals surface area (Å²) >= 11 is 1.07. The Hall–Kier alpha value is -4.32. The molecule has 0 aliphatic rings. The Morgan fingerprint density at radius 2 is 1.77 bits per heavy atom. The second-order valence-corrected chi connectivity index (χ2v) is 9.36. The van der Waals surface area contributed by atoms with Crippen molar-refractivity contribution < 1.29 is 27.4 Å². The Bertz CT molecular complexity index is 1460. The molecule has 0 radical (unpaired) electrons. The van der Waals surface area contributed by atoms with Gasteiger partial charge in [0.1, 0.15) is 11.5 Å². The molecule has 12 heteroatoms. The fourth-order valence-electron chi connectivity index (χ4n) is 3.56. The average Bonchev–Trinajstić information content (AvgIpc) is 3.39. The molecule has 208 valence electrons. The molecule has 0 atom stereocenters. The van der Waals surface area contributed by atoms with Gasteiger partial charge in [0.05, 0.1) is 31.2 Å². The molecule has 0 bridgehead atoms. The number of nitrogens with one attached hydrogen (secondary N) is 1. The van der Waals surface area contributed by atoms with Crippen LogP contribution >= 0.6 is 11.8 Å². The van der Waals surface area contributed by atoms with Crippen molar-refractivity contribution in [2.45, 2.75) is 24.7 Å². The lowest BCUT2D eigenvalue weighted by molar-refractivity contribution is -0.137. The zero-order chi connectivity index (χ0) is 28.5. The molecule has 40 heavy (non-hydrogen) atoms. The maximum atomic E-state index is 13.4. The van der Waals surface area contributed by atoms with Gasteiger partial charge in [0.25, 0.3) is 5.91 Å². The molecule has 0 fully saturated rings. The predicted molar refractivity (Wildman–Crippen MR) is 147 cm³/mol. The van der Waals surface area contributed by atoms with Gasteiger partial charge in [0, 0.05) is 11.3 Å². The normalized spacial score (nSPS) is 11.5. The van der Waals surface area contributed by atoms with E-state index in [-0.39, 0.29) is 17.1 Å². The van der Waals surface area contributed by atoms with Crippen LogP contribution in [-0.2, 0) is 11.0 Å². The van der Waals surface area contributed by atoms with Crippen LogP contribution < -0.4 is 14.9 Å². The van der Waals surface area contributed by atoms with Gasteiger partial charge in [-0.1, -0.05) is 30.8 Å². The van der Waals surface area contributed by atoms with Crippen LogP contribution in [0.5, 0.6) is 11.5 Å². The first-order valence-corrected chi connectivity index (χ1v) is 13.2. The SMILES string of the molecule is CCCOc1ccc(C=NNC(=O)CSc2nnc(-c3cccc(C(F)(F)F)c3)n2-c2ccc(OC)cc2)cc1. The highest BCUT2D eigenvalue weighted by Crippen LogP contribution is 2.34. The van der Waals surface area contributed by atoms with Gasteiger partial charge in [0.2, 0.25) is 0 Å². The van der Waals surface area contributed by atoms with Crippen LogP contribution in [0.25, 0.3) is 17.1 Å². The number of amides is 1. The van der Waals surface area contributed by atoms with Gasteiger partial charge in [-0.05, 0) is 72.6 Å². The lowest BCUT2D eigenvalue weighted by Crippen LogP contribution is -2.20. The molecule has 8 nitrogen and oxygen atoms in total. The van der Waals surface area contributed by atoms with Crippen molar-refractivity contribution in [3.8, 4) is 28.6 Å². The molecule has 0 saturated carbocycles. The Labute approximate surface area is 233 Å². The Morgan fingerprint density at radius 3 is 2.45 bits per heavy atom. The van der Waals surface area contributed by atoms with Crippen LogP contribution in [-0.4, -0.2) is 46.4 Å². The fraction of sp³-hybridized carbons (Fsp3) is 0.214. The summed E-state index contributed by atoms with van der Waals surface area (Å²) in [5.41, 5.74) is 3.26. The average molecular weight is 570 g/mol. The highest BCUT2D eigenvalue weighted by Gasteiger charge is 2.31. The van der Waals surface area contributed by atoms with Crippen molar-refractivity contribution >= 4 is 23.9 Å². The predicted octanol–water partition coefficient (Wildman–Crippen LogP) is 5.99. The smallest absolute Gasteiger partial charge is 0.416 e. The summed E-state index contributed by atoms with van der Waals surface area (Å²) in [7, 11) is 1.53. The number of thioether (sulfide) groups is 1. The molecule has 1 N–H and O–H groups in total. The third-order valence-corrected chi connectivity index (χ3v) is 6.43. The van der Waals surface area contributed by atoms with E-state index in [1.807, 2.05) is 31.2 Å². The minimum absolute atomic E-state index is 0.0575. The number of carbonyl (C=O) groups is 1. The van der Waals surface area contributed by atoms with E-state index in [9.17, 15) is 18.0 Å². The first kappa shape index (κ1) is 28.7. The quantitative estimate of drug-likeness (QED) is 0.136. The molecule has 4 rings (SSSR count). The first-order valence-electron chi connectivity index (χ1n) is 12.2. The van der Waals surface area contributed by atoms with E-state index in [0.29, 0.717) is 23.2 Å². The summed E-state index contributed by atoms with van der Waals surface area (Å²) in [6.07, 6.45) is -2.09. The number of rotatable bonds is 11. The van der Waals surface area contributed by atoms with E-state index >= 15 is 0 Å². The highest BCUT2D eigenvalue weighted by molar-refractivity contribution is 7.99. The standard InChI is InChI=1S/C28H26F3N5O3S/c1-3-15-39-24-11-7-19(8-12-24)17-32-33-25(37)18-40-27-35-34-26(20-5-4-6-21(16-20)28(29,30)31)36(27)22-9-13-23(38-2)14-10-22/h4-14,16-17H,3,15,18H2,1-2H3,(H,33,37). The van der Waals surface area contributed by atoms with Crippen molar-refractivity contribution in [3.63, 3.8) is 0 Å². The van der Waals surface area contributed by atoms with Crippen LogP contribution in [0.2, 0.25) is 0 Å². The van der Waals surface area contributed by atoms with Crippen molar-refractivity contribution in [2.24, 2.45) is 5.10 Å². The third kappa shape index (κ3) is 7.41. The first-order chi connectivity index (χ1) is 19.3. The number of alkyl halides is 3. The number of benzene rings is 3. The van der Waals surface area contributed by atoms with E-state index in [1.54, 1.807) is 28.8 Å². The maximum absolute atomic E-state index is 13.4. The van der Waals surface area contributed by atoms with Crippen molar-refractivity contribution in [1.82, 2.24) is 20.2 Å². The molecule has 1 heterocycles. The van der Waals surface area contributed by atoms with Gasteiger partial charge in [-0.3, -0.25) is 9.36 Å². The van der Waals surface area contributed by atoms with E-state index in [4.69, 9.17) is 9.47 Å². The summed E-state index contributed by atoms with van der Waals surface area (Å²) in [5.74, 6) is 1.10. The Balaban J connectivity index is 1.50. The van der Waals surface area contributed by atoms with Crippen LogP contribution in [0.4, 0.5) is 13.2 Å². The highest BCUT2D eigenvalue weighted by atomic mass is 32.2. The van der Waals surface area contributed by atoms with Crippen molar-refractivity contribution in [3.05, 3.63) is 83.9 Å². The topological polar surface area (TPSA) is 90.6 Å². The second kappa shape index (κ2) is 13.2. The van der Waals surface area contributed by atoms with Gasteiger partial charge in [-0.25, -0.2) is 5.43 Å². The molecule has 0 aliphatic carbocycles. The summed E-state index contributed by atoms with van der Waals surface area (Å²) in [6.45, 7) is 2.66. The van der Waals surface area contributed by atoms with Crippen LogP contribution in [0.15, 0.2) is 83.1 Å². The molecule has 4 aromatic rings. The number of aromatic nitrogens is 3. The molecule has 0 aliphatic heterocycles. The van der Waals surface area contributed by atoms with Gasteiger partial charge < -0.3 is 9.47 Å². The molecule has 0 saturated heterocycles. The zero-order valence-corrected chi connectivity index (χ0v) is 22.5. The van der Waals surface area contributed by atoms with E-state index < -0.39 is 17.6 Å². The summed E-state index contributed by atoms with van der Waals surface area (Å²) < 4.78 is 52.4. The molecule has 0 spiro atoms. The van der Waals surface area contributed by atoms with Gasteiger partial charge in [-0.15, -0.1) is 10.2 Å². The maximum Gasteiger partial charge on any atom is 0.416 e. The van der Waals surface area contributed by atoms with Gasteiger partial charge in [-0.2, -0.15) is 18.3 Å². The Kier molecular flexibility index (Phi) is 9.43. The third-order valence-electron chi connectivity index (χ3n) is 5.50. The van der Waals surface area contributed by atoms with Crippen molar-refractivity contribution in [2.75, 3.05) is 19.5 Å². The molecular formula is C28H26F3N5O3S. The second-order valence-electron chi connectivity index (χ2n) is 8.42. The van der Waals surface area contributed by atoms with Gasteiger partial charge in [0.15, 0.2) is 11.0 Å². The number of carbonyl (C=O) groups excluding carboxylic acids is 1. The number of ether oxygens (including phenoxy) is 2. The minimum Gasteiger partial charge on any atom is -0.497 e. The molecule has 1 amide bonds. The molecule has 1 aromatic heterocycles. The Morgan fingerprint density at radius 1 is 1.05 bits per heavy atom. The van der Waals surface area contributed by atoms with Crippen LogP contribution in [0.1, 0.15) is 24.5 Å². The van der Waals surface area contributed by atoms with Crippen molar-refractivity contribution in [1.29, 1.82) is 0 Å². The number of hydrazone groups is 1. The van der Waals surface area contributed by atoms with Crippen LogP contribution in [0, 0.1) is 0 Å². The molecule has 3 aromatic carbocycles. The van der Waals surface area contributed by atoms with Gasteiger partial charge >= 0.3 is 6.18 Å².